The Bertz CT molecular complexity index is 2060. The van der Waals surface area contributed by atoms with Crippen LogP contribution in [-0.2, 0) is 13.1 Å². The average molecular weight is 839 g/mol. The molecule has 0 aliphatic rings. The number of aliphatic hydroxyl groups excluding tert-OH is 4. The Kier molecular flexibility index (Phi) is 17.9. The van der Waals surface area contributed by atoms with Crippen molar-refractivity contribution < 1.29 is 29.6 Å². The molecule has 0 unspecified atom stereocenters. The number of benzene rings is 4. The van der Waals surface area contributed by atoms with Gasteiger partial charge >= 0.3 is 0 Å². The molecule has 0 bridgehead atoms. The molecule has 2 heterocycles. The standard InChI is InChI=1S/C48H56N10O4/c59-35-31-57(32-36-60)47-17-13-41(14-18-47)49-39-5-9-43(10-6-39)51-53-45-21-27-55(28-22-45)25-3-1-2-4-26-56-29-23-46(24-30-56)54-52-44-11-7-40(8-12-44)50-42-15-19-48(20-16-42)58(33-37-61)34-38-62/h5-24,27-30,59-62H,1-4,25-26,31-38H2/p+2. The molecule has 0 fully saturated rings. The van der Waals surface area contributed by atoms with Gasteiger partial charge in [-0.05, 0) is 110 Å². The van der Waals surface area contributed by atoms with Gasteiger partial charge in [0.1, 0.15) is 13.1 Å². The van der Waals surface area contributed by atoms with E-state index >= 15 is 0 Å². The third-order valence-corrected chi connectivity index (χ3v) is 10.1. The topological polar surface area (TPSA) is 169 Å². The Balaban J connectivity index is 0.848. The van der Waals surface area contributed by atoms with Crippen LogP contribution in [0, 0.1) is 0 Å². The number of rotatable bonds is 25. The molecule has 6 N–H and O–H groups in total. The van der Waals surface area contributed by atoms with Gasteiger partial charge in [-0.2, -0.15) is 20.5 Å². The van der Waals surface area contributed by atoms with E-state index in [4.69, 9.17) is 0 Å². The van der Waals surface area contributed by atoms with Gasteiger partial charge < -0.3 is 40.9 Å². The highest BCUT2D eigenvalue weighted by Crippen LogP contribution is 2.26. The van der Waals surface area contributed by atoms with Crippen molar-refractivity contribution in [1.82, 2.24) is 0 Å². The van der Waals surface area contributed by atoms with Crippen molar-refractivity contribution >= 4 is 56.9 Å². The van der Waals surface area contributed by atoms with E-state index in [0.717, 1.165) is 95.6 Å². The lowest BCUT2D eigenvalue weighted by atomic mass is 10.2. The first-order chi connectivity index (χ1) is 30.5. The number of aromatic nitrogens is 2. The van der Waals surface area contributed by atoms with Crippen molar-refractivity contribution in [3.63, 3.8) is 0 Å². The predicted octanol–water partition coefficient (Wildman–Crippen LogP) is 8.42. The largest absolute Gasteiger partial charge is 0.395 e. The summed E-state index contributed by atoms with van der Waals surface area (Å²) in [6.45, 7) is 3.94. The van der Waals surface area contributed by atoms with E-state index in [1.807, 2.05) is 131 Å². The second kappa shape index (κ2) is 24.6. The molecule has 62 heavy (non-hydrogen) atoms. The molecule has 0 radical (unpaired) electrons. The van der Waals surface area contributed by atoms with Gasteiger partial charge in [0.2, 0.25) is 0 Å². The molecule has 4 aromatic carbocycles. The molecule has 0 spiro atoms. The number of nitrogens with one attached hydrogen (secondary N) is 2. The molecule has 6 rings (SSSR count). The molecule has 0 amide bonds. The summed E-state index contributed by atoms with van der Waals surface area (Å²) in [4.78, 5) is 3.89. The molecule has 2 aromatic heterocycles. The van der Waals surface area contributed by atoms with Crippen molar-refractivity contribution in [2.45, 2.75) is 38.8 Å². The first kappa shape index (κ1) is 45.0. The fourth-order valence-electron chi connectivity index (χ4n) is 6.79. The van der Waals surface area contributed by atoms with Crippen LogP contribution in [0.3, 0.4) is 0 Å². The number of hydrogen-bond donors (Lipinski definition) is 6. The molecular formula is C48H58N10O4+2. The Morgan fingerprint density at radius 1 is 0.355 bits per heavy atom. The van der Waals surface area contributed by atoms with Crippen LogP contribution in [0.4, 0.5) is 56.9 Å². The van der Waals surface area contributed by atoms with E-state index < -0.39 is 0 Å². The second-order valence-corrected chi connectivity index (χ2v) is 14.7. The average Bonchev–Trinajstić information content (AvgIpc) is 3.31. The summed E-state index contributed by atoms with van der Waals surface area (Å²) in [5.74, 6) is 0. The predicted molar refractivity (Wildman–Crippen MR) is 245 cm³/mol. The highest BCUT2D eigenvalue weighted by Gasteiger charge is 2.08. The zero-order valence-electron chi connectivity index (χ0n) is 35.1. The summed E-state index contributed by atoms with van der Waals surface area (Å²) in [5.41, 5.74) is 8.79. The van der Waals surface area contributed by atoms with E-state index in [0.29, 0.717) is 26.2 Å². The minimum absolute atomic E-state index is 0.0324. The van der Waals surface area contributed by atoms with Gasteiger partial charge in [-0.3, -0.25) is 0 Å². The monoisotopic (exact) mass is 838 g/mol. The summed E-state index contributed by atoms with van der Waals surface area (Å²) < 4.78 is 4.37. The number of aryl methyl sites for hydroxylation is 2. The molecule has 0 atom stereocenters. The second-order valence-electron chi connectivity index (χ2n) is 14.7. The van der Waals surface area contributed by atoms with Crippen LogP contribution < -0.4 is 29.6 Å². The smallest absolute Gasteiger partial charge is 0.171 e. The number of anilines is 6. The first-order valence-electron chi connectivity index (χ1n) is 21.2. The number of aliphatic hydroxyl groups is 4. The van der Waals surface area contributed by atoms with Crippen LogP contribution in [-0.4, -0.2) is 73.0 Å². The Hall–Kier alpha value is -6.58. The summed E-state index contributed by atoms with van der Waals surface area (Å²) in [5, 5.41) is 61.6. The molecule has 0 saturated heterocycles. The number of hydrogen-bond acceptors (Lipinski definition) is 12. The molecule has 322 valence electrons. The third-order valence-electron chi connectivity index (χ3n) is 10.1. The number of azo groups is 2. The van der Waals surface area contributed by atoms with E-state index in [2.05, 4.69) is 65.0 Å². The quantitative estimate of drug-likeness (QED) is 0.0190. The van der Waals surface area contributed by atoms with Gasteiger partial charge in [0.25, 0.3) is 0 Å². The molecule has 0 aliphatic heterocycles. The van der Waals surface area contributed by atoms with Gasteiger partial charge in [0, 0.05) is 97.4 Å². The fraction of sp³-hybridized carbons (Fsp3) is 0.292. The van der Waals surface area contributed by atoms with E-state index in [1.165, 1.54) is 0 Å². The van der Waals surface area contributed by atoms with Crippen LogP contribution in [0.1, 0.15) is 25.7 Å². The van der Waals surface area contributed by atoms with Gasteiger partial charge in [-0.15, -0.1) is 0 Å². The van der Waals surface area contributed by atoms with Crippen LogP contribution in [0.15, 0.2) is 167 Å². The lowest BCUT2D eigenvalue weighted by Crippen LogP contribution is -2.33. The maximum absolute atomic E-state index is 9.30. The van der Waals surface area contributed by atoms with Gasteiger partial charge in [-0.25, -0.2) is 9.13 Å². The lowest BCUT2D eigenvalue weighted by Gasteiger charge is -2.23. The van der Waals surface area contributed by atoms with Gasteiger partial charge in [0.15, 0.2) is 24.8 Å². The summed E-state index contributed by atoms with van der Waals surface area (Å²) in [6.07, 6.45) is 12.7. The number of nitrogens with zero attached hydrogens (tertiary/aromatic N) is 8. The lowest BCUT2D eigenvalue weighted by molar-refractivity contribution is -0.698. The number of unbranched alkanes of at least 4 members (excludes halogenated alkanes) is 3. The number of pyridine rings is 2. The van der Waals surface area contributed by atoms with Crippen molar-refractivity contribution in [2.75, 3.05) is 73.0 Å². The van der Waals surface area contributed by atoms with Crippen LogP contribution in [0.5, 0.6) is 0 Å². The normalized spacial score (nSPS) is 11.4. The van der Waals surface area contributed by atoms with E-state index in [9.17, 15) is 20.4 Å². The Labute approximate surface area is 363 Å². The minimum atomic E-state index is 0.0324. The molecular weight excluding hydrogens is 781 g/mol. The van der Waals surface area contributed by atoms with Crippen molar-refractivity contribution in [1.29, 1.82) is 0 Å². The zero-order valence-corrected chi connectivity index (χ0v) is 35.1. The summed E-state index contributed by atoms with van der Waals surface area (Å²) in [7, 11) is 0. The fourth-order valence-corrected chi connectivity index (χ4v) is 6.79. The highest BCUT2D eigenvalue weighted by atomic mass is 16.3. The van der Waals surface area contributed by atoms with Crippen LogP contribution in [0.25, 0.3) is 0 Å². The van der Waals surface area contributed by atoms with E-state index in [1.54, 1.807) is 0 Å². The minimum Gasteiger partial charge on any atom is -0.395 e. The Morgan fingerprint density at radius 2 is 0.629 bits per heavy atom. The van der Waals surface area contributed by atoms with Crippen molar-refractivity contribution in [3.05, 3.63) is 146 Å². The van der Waals surface area contributed by atoms with Crippen LogP contribution in [0.2, 0.25) is 0 Å². The highest BCUT2D eigenvalue weighted by molar-refractivity contribution is 5.65. The van der Waals surface area contributed by atoms with E-state index in [-0.39, 0.29) is 26.4 Å². The summed E-state index contributed by atoms with van der Waals surface area (Å²) in [6, 6.07) is 39.3. The molecule has 6 aromatic rings. The molecule has 0 saturated carbocycles. The van der Waals surface area contributed by atoms with Crippen molar-refractivity contribution in [2.24, 2.45) is 20.5 Å². The maximum Gasteiger partial charge on any atom is 0.171 e. The zero-order chi connectivity index (χ0) is 43.2. The first-order valence-corrected chi connectivity index (χ1v) is 21.2. The maximum atomic E-state index is 9.30. The van der Waals surface area contributed by atoms with Gasteiger partial charge in [0.05, 0.1) is 49.2 Å². The molecule has 14 nitrogen and oxygen atoms in total. The van der Waals surface area contributed by atoms with Crippen LogP contribution >= 0.6 is 0 Å². The molecule has 0 aliphatic carbocycles. The molecule has 14 heteroatoms. The SMILES string of the molecule is OCCN(CCO)c1ccc(Nc2ccc(/N=N\c3cc[n+](CCCCCC[n+]4ccc(/N=N\c5ccc(Nc6ccc(N(CCO)CCO)cc6)cc5)cc4)cc3)cc2)cc1. The van der Waals surface area contributed by atoms with Crippen molar-refractivity contribution in [3.8, 4) is 0 Å². The Morgan fingerprint density at radius 3 is 0.919 bits per heavy atom. The third kappa shape index (κ3) is 14.6. The summed E-state index contributed by atoms with van der Waals surface area (Å²) >= 11 is 0. The van der Waals surface area contributed by atoms with Gasteiger partial charge in [-0.1, -0.05) is 0 Å².